The summed E-state index contributed by atoms with van der Waals surface area (Å²) in [7, 11) is 1.39. The van der Waals surface area contributed by atoms with Crippen LogP contribution >= 0.6 is 23.2 Å². The summed E-state index contributed by atoms with van der Waals surface area (Å²) < 4.78 is 11.0. The number of methoxy groups -OCH3 is 1. The highest BCUT2D eigenvalue weighted by Gasteiger charge is 2.48. The number of halogens is 2. The zero-order valence-electron chi connectivity index (χ0n) is 16.7. The molecule has 0 spiro atoms. The average molecular weight is 463 g/mol. The Morgan fingerprint density at radius 2 is 2.13 bits per heavy atom. The lowest BCUT2D eigenvalue weighted by Crippen LogP contribution is -2.36. The molecule has 2 aromatic rings. The molecule has 0 saturated carbocycles. The van der Waals surface area contributed by atoms with Gasteiger partial charge in [0.2, 0.25) is 0 Å². The van der Waals surface area contributed by atoms with E-state index in [2.05, 4.69) is 4.98 Å². The van der Waals surface area contributed by atoms with Gasteiger partial charge < -0.3 is 19.5 Å². The fourth-order valence-electron chi connectivity index (χ4n) is 4.01. The lowest BCUT2D eigenvalue weighted by Gasteiger charge is -2.26. The number of hydrogen-bond acceptors (Lipinski definition) is 6. The van der Waals surface area contributed by atoms with Crippen molar-refractivity contribution in [3.05, 3.63) is 63.4 Å². The van der Waals surface area contributed by atoms with Crippen LogP contribution in [-0.4, -0.2) is 53.0 Å². The first-order valence-electron chi connectivity index (χ1n) is 9.76. The number of benzene rings is 1. The zero-order valence-corrected chi connectivity index (χ0v) is 18.2. The quantitative estimate of drug-likeness (QED) is 0.410. The number of Topliss-reactive ketones (excluding diaryl/α,β-unsaturated/α-hetero) is 1. The van der Waals surface area contributed by atoms with Gasteiger partial charge in [0.1, 0.15) is 17.6 Å². The molecule has 2 unspecified atom stereocenters. The summed E-state index contributed by atoms with van der Waals surface area (Å²) in [6.07, 6.45) is 3.06. The maximum absolute atomic E-state index is 13.1. The topological polar surface area (TPSA) is 89.0 Å². The predicted molar refractivity (Wildman–Crippen MR) is 115 cm³/mol. The summed E-state index contributed by atoms with van der Waals surface area (Å²) in [5.41, 5.74) is 0.475. The van der Waals surface area contributed by atoms with Crippen LogP contribution in [0.25, 0.3) is 5.76 Å². The van der Waals surface area contributed by atoms with E-state index in [9.17, 15) is 14.7 Å². The van der Waals surface area contributed by atoms with E-state index in [1.807, 2.05) is 0 Å². The number of aromatic nitrogens is 1. The van der Waals surface area contributed by atoms with Crippen molar-refractivity contribution in [1.29, 1.82) is 0 Å². The Balaban J connectivity index is 1.88. The van der Waals surface area contributed by atoms with Crippen LogP contribution in [-0.2, 0) is 14.3 Å². The molecule has 2 aliphatic heterocycles. The van der Waals surface area contributed by atoms with Gasteiger partial charge in [-0.15, -0.1) is 0 Å². The Morgan fingerprint density at radius 3 is 2.77 bits per heavy atom. The van der Waals surface area contributed by atoms with Crippen molar-refractivity contribution in [3.8, 4) is 5.75 Å². The van der Waals surface area contributed by atoms with Crippen molar-refractivity contribution in [2.45, 2.75) is 25.0 Å². The molecule has 1 amide bonds. The summed E-state index contributed by atoms with van der Waals surface area (Å²) in [5.74, 6) is -1.82. The minimum Gasteiger partial charge on any atom is -0.507 e. The maximum atomic E-state index is 13.1. The fraction of sp³-hybridized carbons (Fsp3) is 0.318. The van der Waals surface area contributed by atoms with Crippen LogP contribution in [0.5, 0.6) is 5.75 Å². The van der Waals surface area contributed by atoms with E-state index in [0.29, 0.717) is 12.3 Å². The van der Waals surface area contributed by atoms with Gasteiger partial charge in [-0.1, -0.05) is 29.3 Å². The first-order valence-corrected chi connectivity index (χ1v) is 10.5. The Kier molecular flexibility index (Phi) is 6.18. The Hall–Kier alpha value is -2.61. The number of pyridine rings is 1. The van der Waals surface area contributed by atoms with E-state index in [-0.39, 0.29) is 39.6 Å². The van der Waals surface area contributed by atoms with Crippen LogP contribution in [0.3, 0.4) is 0 Å². The van der Waals surface area contributed by atoms with Gasteiger partial charge in [-0.3, -0.25) is 14.6 Å². The van der Waals surface area contributed by atoms with Gasteiger partial charge in [-0.25, -0.2) is 0 Å². The Bertz CT molecular complexity index is 1050. The molecule has 7 nitrogen and oxygen atoms in total. The second-order valence-electron chi connectivity index (χ2n) is 7.31. The molecular weight excluding hydrogens is 443 g/mol. The molecule has 162 valence electrons. The predicted octanol–water partition coefficient (Wildman–Crippen LogP) is 4.00. The van der Waals surface area contributed by atoms with E-state index >= 15 is 0 Å². The number of aliphatic hydroxyl groups is 1. The molecule has 2 aliphatic rings. The summed E-state index contributed by atoms with van der Waals surface area (Å²) in [4.78, 5) is 31.8. The first-order chi connectivity index (χ1) is 14.9. The highest BCUT2D eigenvalue weighted by molar-refractivity contribution is 6.46. The molecule has 1 N–H and O–H groups in total. The van der Waals surface area contributed by atoms with Gasteiger partial charge in [-0.05, 0) is 37.1 Å². The smallest absolute Gasteiger partial charge is 0.295 e. The van der Waals surface area contributed by atoms with E-state index in [0.717, 1.165) is 12.8 Å². The van der Waals surface area contributed by atoms with Crippen LogP contribution in [0.15, 0.2) is 42.1 Å². The molecule has 3 heterocycles. The van der Waals surface area contributed by atoms with Crippen LogP contribution in [0.2, 0.25) is 10.0 Å². The van der Waals surface area contributed by atoms with Crippen LogP contribution in [0.4, 0.5) is 0 Å². The molecule has 1 aromatic heterocycles. The SMILES string of the molecule is COc1c(Cl)cc(Cl)cc1/C(O)=C1\C(=O)C(=O)N(CC2CCCO2)C1c1ccccn1. The summed E-state index contributed by atoms with van der Waals surface area (Å²) in [6.45, 7) is 0.830. The third-order valence-corrected chi connectivity index (χ3v) is 5.90. The van der Waals surface area contributed by atoms with Gasteiger partial charge in [-0.2, -0.15) is 0 Å². The van der Waals surface area contributed by atoms with Crippen molar-refractivity contribution < 1.29 is 24.2 Å². The number of amides is 1. The number of ether oxygens (including phenoxy) is 2. The van der Waals surface area contributed by atoms with Gasteiger partial charge in [0.25, 0.3) is 11.7 Å². The summed E-state index contributed by atoms with van der Waals surface area (Å²) in [5, 5.41) is 11.6. The molecule has 9 heteroatoms. The summed E-state index contributed by atoms with van der Waals surface area (Å²) in [6, 6.07) is 7.21. The van der Waals surface area contributed by atoms with E-state index in [1.54, 1.807) is 24.4 Å². The number of rotatable bonds is 5. The molecule has 0 bridgehead atoms. The highest BCUT2D eigenvalue weighted by Crippen LogP contribution is 2.43. The molecular formula is C22H20Cl2N2O5. The van der Waals surface area contributed by atoms with E-state index in [1.165, 1.54) is 24.1 Å². The highest BCUT2D eigenvalue weighted by atomic mass is 35.5. The molecule has 31 heavy (non-hydrogen) atoms. The number of hydrogen-bond donors (Lipinski definition) is 1. The number of likely N-dealkylation sites (tertiary alicyclic amines) is 1. The standard InChI is InChI=1S/C22H20Cl2N2O5/c1-30-21-14(9-12(23)10-15(21)24)19(27)17-18(16-6-2-3-7-25-16)26(22(29)20(17)28)11-13-5-4-8-31-13/h2-3,6-7,9-10,13,18,27H,4-5,8,11H2,1H3/b19-17+. The number of nitrogens with zero attached hydrogens (tertiary/aromatic N) is 2. The van der Waals surface area contributed by atoms with E-state index < -0.39 is 23.5 Å². The van der Waals surface area contributed by atoms with Crippen LogP contribution in [0.1, 0.15) is 30.1 Å². The van der Waals surface area contributed by atoms with Crippen molar-refractivity contribution in [2.24, 2.45) is 0 Å². The Morgan fingerprint density at radius 1 is 1.32 bits per heavy atom. The maximum Gasteiger partial charge on any atom is 0.295 e. The van der Waals surface area contributed by atoms with Crippen LogP contribution < -0.4 is 4.74 Å². The van der Waals surface area contributed by atoms with Crippen molar-refractivity contribution in [3.63, 3.8) is 0 Å². The molecule has 2 fully saturated rings. The molecule has 0 aliphatic carbocycles. The monoisotopic (exact) mass is 462 g/mol. The Labute approximate surface area is 189 Å². The molecule has 2 atom stereocenters. The molecule has 2 saturated heterocycles. The van der Waals surface area contributed by atoms with Gasteiger partial charge in [0.15, 0.2) is 0 Å². The van der Waals surface area contributed by atoms with Gasteiger partial charge in [0, 0.05) is 24.4 Å². The lowest BCUT2D eigenvalue weighted by molar-refractivity contribution is -0.140. The van der Waals surface area contributed by atoms with Crippen molar-refractivity contribution in [1.82, 2.24) is 9.88 Å². The largest absolute Gasteiger partial charge is 0.507 e. The fourth-order valence-corrected chi connectivity index (χ4v) is 4.58. The number of carbonyl (C=O) groups excluding carboxylic acids is 2. The zero-order chi connectivity index (χ0) is 22.1. The minimum atomic E-state index is -0.882. The molecule has 4 rings (SSSR count). The number of carbonyl (C=O) groups is 2. The third kappa shape index (κ3) is 4.01. The second kappa shape index (κ2) is 8.86. The van der Waals surface area contributed by atoms with Gasteiger partial charge in [0.05, 0.1) is 35.1 Å². The van der Waals surface area contributed by atoms with Crippen LogP contribution in [0, 0.1) is 0 Å². The second-order valence-corrected chi connectivity index (χ2v) is 8.15. The van der Waals surface area contributed by atoms with Crippen molar-refractivity contribution >= 4 is 40.7 Å². The first kappa shape index (κ1) is 21.6. The molecule has 0 radical (unpaired) electrons. The number of ketones is 1. The number of aliphatic hydroxyl groups excluding tert-OH is 1. The average Bonchev–Trinajstić information content (AvgIpc) is 3.36. The minimum absolute atomic E-state index is 0.0988. The molecule has 1 aromatic carbocycles. The lowest BCUT2D eigenvalue weighted by atomic mass is 9.97. The van der Waals surface area contributed by atoms with Crippen molar-refractivity contribution in [2.75, 3.05) is 20.3 Å². The summed E-state index contributed by atoms with van der Waals surface area (Å²) >= 11 is 12.3. The van der Waals surface area contributed by atoms with Gasteiger partial charge >= 0.3 is 0 Å². The normalized spacial score (nSPS) is 22.9. The third-order valence-electron chi connectivity index (χ3n) is 5.40. The van der Waals surface area contributed by atoms with E-state index in [4.69, 9.17) is 32.7 Å².